The molecule has 1 aromatic rings. The molecule has 0 amide bonds. The third-order valence-electron chi connectivity index (χ3n) is 3.02. The van der Waals surface area contributed by atoms with Crippen molar-refractivity contribution in [3.63, 3.8) is 0 Å². The van der Waals surface area contributed by atoms with E-state index in [-0.39, 0.29) is 0 Å². The minimum Gasteiger partial charge on any atom is -0.850 e. The van der Waals surface area contributed by atoms with E-state index in [2.05, 4.69) is 75.1 Å². The molecule has 0 aliphatic heterocycles. The molecule has 0 unspecified atom stereocenters. The zero-order valence-corrected chi connectivity index (χ0v) is 17.0. The summed E-state index contributed by atoms with van der Waals surface area (Å²) in [6.45, 7) is 2.28. The first-order valence-electron chi connectivity index (χ1n) is 7.32. The van der Waals surface area contributed by atoms with E-state index in [1.165, 1.54) is 55.3 Å². The summed E-state index contributed by atoms with van der Waals surface area (Å²) in [7, 11) is 0. The summed E-state index contributed by atoms with van der Waals surface area (Å²) in [6.07, 6.45) is 11.1. The normalized spacial score (nSPS) is 10.8. The molecule has 0 saturated carbocycles. The van der Waals surface area contributed by atoms with E-state index in [9.17, 15) is 9.79 Å². The molecule has 0 bridgehead atoms. The minimum atomic E-state index is -3.72. The van der Waals surface area contributed by atoms with Gasteiger partial charge in [-0.05, 0) is 0 Å². The van der Waals surface area contributed by atoms with E-state index in [0.29, 0.717) is 0 Å². The zero-order valence-electron chi connectivity index (χ0n) is 12.5. The van der Waals surface area contributed by atoms with E-state index in [1.54, 1.807) is 5.56 Å². The number of hydrogen-bond donors (Lipinski definition) is 0. The second-order valence-corrected chi connectivity index (χ2v) is 10.5. The Labute approximate surface area is 151 Å². The molecular formula is C15H23MoO2PS2. The van der Waals surface area contributed by atoms with E-state index in [1.807, 2.05) is 0 Å². The summed E-state index contributed by atoms with van der Waals surface area (Å²) in [6, 6.07) is 8.79. The first-order chi connectivity index (χ1) is 9.84. The zero-order chi connectivity index (χ0) is 16.1. The predicted octanol–water partition coefficient (Wildman–Crippen LogP) is 2.63. The van der Waals surface area contributed by atoms with Gasteiger partial charge in [0.2, 0.25) is 0 Å². The standard InChI is InChI=1S/C15H23.Mo.H3O2PS2/c1-2-3-4-5-6-7-9-12-15-13-10-8-11-14-15;;1-3(2,4)5/h8,10-11,13H,2-7,9,12H2,1H3;;(H3,1,2,4,5)/q;+3;/p-3. The van der Waals surface area contributed by atoms with Gasteiger partial charge in [-0.2, -0.15) is 11.8 Å². The Bertz CT molecular complexity index is 416. The molecule has 0 atom stereocenters. The average Bonchev–Trinajstić information content (AvgIpc) is 2.38. The van der Waals surface area contributed by atoms with Gasteiger partial charge in [-0.25, -0.2) is 0 Å². The van der Waals surface area contributed by atoms with E-state index in [0.717, 1.165) is 0 Å². The maximum absolute atomic E-state index is 9.29. The quantitative estimate of drug-likeness (QED) is 0.278. The summed E-state index contributed by atoms with van der Waals surface area (Å²) < 4.78 is 1.46. The Morgan fingerprint density at radius 2 is 1.52 bits per heavy atom. The molecule has 0 aromatic heterocycles. The van der Waals surface area contributed by atoms with Crippen LogP contribution in [0.15, 0.2) is 24.3 Å². The summed E-state index contributed by atoms with van der Waals surface area (Å²) in [5.74, 6) is 0. The molecule has 1 rings (SSSR count). The molecule has 118 valence electrons. The first kappa shape index (κ1) is 21.8. The van der Waals surface area contributed by atoms with Gasteiger partial charge in [0.15, 0.2) is 0 Å². The van der Waals surface area contributed by atoms with Crippen molar-refractivity contribution >= 4 is 33.7 Å². The Balaban J connectivity index is 0.000000690. The predicted molar refractivity (Wildman–Crippen MR) is 89.4 cm³/mol. The van der Waals surface area contributed by atoms with Crippen LogP contribution < -0.4 is 13.7 Å². The molecule has 0 saturated heterocycles. The molecule has 1 aromatic carbocycles. The summed E-state index contributed by atoms with van der Waals surface area (Å²) >= 11 is 9.43. The van der Waals surface area contributed by atoms with E-state index in [4.69, 9.17) is 0 Å². The smallest absolute Gasteiger partial charge is 0.160 e. The second kappa shape index (κ2) is 13.3. The van der Waals surface area contributed by atoms with Crippen molar-refractivity contribution in [3.05, 3.63) is 29.8 Å². The summed E-state index contributed by atoms with van der Waals surface area (Å²) in [4.78, 5) is 18.6. The molecule has 0 N–H and O–H groups in total. The summed E-state index contributed by atoms with van der Waals surface area (Å²) in [5, 5.41) is 0. The number of unbranched alkanes of at least 4 members (excludes halogenated alkanes) is 6. The van der Waals surface area contributed by atoms with Gasteiger partial charge in [0.05, 0.1) is 0 Å². The Morgan fingerprint density at radius 1 is 1.05 bits per heavy atom. The van der Waals surface area contributed by atoms with Crippen LogP contribution in [0.25, 0.3) is 0 Å². The van der Waals surface area contributed by atoms with Crippen LogP contribution in [-0.2, 0) is 50.3 Å². The van der Waals surface area contributed by atoms with Gasteiger partial charge < -0.3 is 27.7 Å². The van der Waals surface area contributed by atoms with E-state index < -0.39 is 5.69 Å². The number of benzene rings is 1. The van der Waals surface area contributed by atoms with Crippen LogP contribution in [-0.4, -0.2) is 0 Å². The average molecular weight is 426 g/mol. The van der Waals surface area contributed by atoms with Crippen molar-refractivity contribution in [2.75, 3.05) is 0 Å². The van der Waals surface area contributed by atoms with Crippen LogP contribution in [0, 0.1) is 0 Å². The van der Waals surface area contributed by atoms with Crippen molar-refractivity contribution in [2.45, 2.75) is 58.3 Å². The van der Waals surface area contributed by atoms with Gasteiger partial charge in [0, 0.05) is 0 Å². The van der Waals surface area contributed by atoms with Crippen LogP contribution in [0.1, 0.15) is 57.4 Å². The monoisotopic (exact) mass is 428 g/mol. The van der Waals surface area contributed by atoms with Gasteiger partial charge in [-0.3, -0.25) is 0 Å². The van der Waals surface area contributed by atoms with Gasteiger partial charge in [-0.1, -0.05) is 0 Å². The fourth-order valence-electron chi connectivity index (χ4n) is 1.98. The fraction of sp³-hybridized carbons (Fsp3) is 0.600. The number of rotatable bonds is 8. The van der Waals surface area contributed by atoms with Crippen LogP contribution in [0.3, 0.4) is 0 Å². The molecule has 0 spiro atoms. The minimum absolute atomic E-state index is 1.27. The Hall–Kier alpha value is 0.828. The molecule has 0 fully saturated rings. The van der Waals surface area contributed by atoms with Crippen molar-refractivity contribution < 1.29 is 29.6 Å². The van der Waals surface area contributed by atoms with Gasteiger partial charge in [-0.15, -0.1) is 0 Å². The van der Waals surface area contributed by atoms with Crippen LogP contribution in [0.2, 0.25) is 0 Å². The molecular weight excluding hydrogens is 403 g/mol. The largest absolute Gasteiger partial charge is 0.850 e. The second-order valence-electron chi connectivity index (χ2n) is 4.93. The molecule has 0 aliphatic carbocycles. The Morgan fingerprint density at radius 3 is 2.05 bits per heavy atom. The molecule has 0 radical (unpaired) electrons. The van der Waals surface area contributed by atoms with Crippen molar-refractivity contribution in [1.29, 1.82) is 0 Å². The molecule has 0 heterocycles. The first-order valence-corrected chi connectivity index (χ1v) is 12.0. The third kappa shape index (κ3) is 17.0. The van der Waals surface area contributed by atoms with E-state index >= 15 is 0 Å². The number of hydrogen-bond acceptors (Lipinski definition) is 4. The van der Waals surface area contributed by atoms with Gasteiger partial charge in [0.25, 0.3) is 0 Å². The molecule has 2 nitrogen and oxygen atoms in total. The molecule has 6 heteroatoms. The maximum atomic E-state index is 9.29. The summed E-state index contributed by atoms with van der Waals surface area (Å²) in [5.41, 5.74) is -2.18. The van der Waals surface area contributed by atoms with Crippen LogP contribution in [0.5, 0.6) is 0 Å². The molecule has 21 heavy (non-hydrogen) atoms. The topological polar surface area (TPSA) is 46.1 Å². The van der Waals surface area contributed by atoms with Crippen LogP contribution >= 0.6 is 5.69 Å². The third-order valence-corrected chi connectivity index (χ3v) is 4.00. The van der Waals surface area contributed by atoms with Crippen molar-refractivity contribution in [2.24, 2.45) is 0 Å². The fourth-order valence-corrected chi connectivity index (χ4v) is 2.59. The Kier molecular flexibility index (Phi) is 13.8. The van der Waals surface area contributed by atoms with Crippen LogP contribution in [0.4, 0.5) is 0 Å². The molecule has 0 aliphatic rings. The SMILES string of the molecule is CCCCCCCCCc1cccc[c]1[Mo+3].[O-]P([O-])(=S)[S-]. The van der Waals surface area contributed by atoms with Gasteiger partial charge >= 0.3 is 112 Å². The van der Waals surface area contributed by atoms with Gasteiger partial charge in [0.1, 0.15) is 0 Å². The van der Waals surface area contributed by atoms with Crippen molar-refractivity contribution in [1.82, 2.24) is 0 Å². The van der Waals surface area contributed by atoms with Crippen molar-refractivity contribution in [3.8, 4) is 0 Å². The number of aryl methyl sites for hydroxylation is 1. The maximum Gasteiger partial charge on any atom is -0.160 e.